The monoisotopic (exact) mass is 331 g/mol. The molecule has 0 saturated heterocycles. The molecular formula is C18H25N3O3. The van der Waals surface area contributed by atoms with E-state index in [1.165, 1.54) is 6.42 Å². The van der Waals surface area contributed by atoms with Gasteiger partial charge in [0.1, 0.15) is 5.75 Å². The molecule has 2 N–H and O–H groups in total. The van der Waals surface area contributed by atoms with Crippen molar-refractivity contribution < 1.29 is 14.3 Å². The summed E-state index contributed by atoms with van der Waals surface area (Å²) in [5.41, 5.74) is 3.76. The fourth-order valence-corrected chi connectivity index (χ4v) is 2.82. The number of ether oxygens (including phenoxy) is 1. The first-order chi connectivity index (χ1) is 11.6. The maximum atomic E-state index is 12.1. The summed E-state index contributed by atoms with van der Waals surface area (Å²) in [6, 6.07) is 7.21. The van der Waals surface area contributed by atoms with Gasteiger partial charge in [0.15, 0.2) is 0 Å². The van der Waals surface area contributed by atoms with Crippen molar-refractivity contribution in [1.82, 2.24) is 5.43 Å². The Morgan fingerprint density at radius 2 is 1.92 bits per heavy atom. The zero-order chi connectivity index (χ0) is 17.4. The van der Waals surface area contributed by atoms with Gasteiger partial charge < -0.3 is 10.1 Å². The number of hydrogen-bond donors (Lipinski definition) is 2. The molecule has 0 bridgehead atoms. The molecule has 1 aromatic rings. The minimum absolute atomic E-state index is 0.0424. The molecule has 2 amide bonds. The van der Waals surface area contributed by atoms with Crippen LogP contribution in [0.25, 0.3) is 0 Å². The van der Waals surface area contributed by atoms with E-state index in [-0.39, 0.29) is 24.2 Å². The molecule has 1 aliphatic rings. The highest BCUT2D eigenvalue weighted by molar-refractivity contribution is 6.06. The zero-order valence-electron chi connectivity index (χ0n) is 14.3. The highest BCUT2D eigenvalue weighted by atomic mass is 16.5. The van der Waals surface area contributed by atoms with Gasteiger partial charge in [-0.25, -0.2) is 5.43 Å². The molecule has 0 aromatic heterocycles. The summed E-state index contributed by atoms with van der Waals surface area (Å²) in [4.78, 5) is 24.1. The van der Waals surface area contributed by atoms with E-state index in [1.54, 1.807) is 26.2 Å². The van der Waals surface area contributed by atoms with Gasteiger partial charge in [-0.3, -0.25) is 9.59 Å². The van der Waals surface area contributed by atoms with Crippen molar-refractivity contribution in [2.45, 2.75) is 45.4 Å². The van der Waals surface area contributed by atoms with Crippen molar-refractivity contribution in [3.8, 4) is 5.75 Å². The molecule has 24 heavy (non-hydrogen) atoms. The third-order valence-electron chi connectivity index (χ3n) is 4.13. The number of carbonyl (C=O) groups is 2. The van der Waals surface area contributed by atoms with E-state index < -0.39 is 0 Å². The lowest BCUT2D eigenvalue weighted by atomic mass is 9.89. The quantitative estimate of drug-likeness (QED) is 0.621. The number of nitrogens with zero attached hydrogens (tertiary/aromatic N) is 1. The van der Waals surface area contributed by atoms with Crippen LogP contribution in [0.15, 0.2) is 29.4 Å². The van der Waals surface area contributed by atoms with Gasteiger partial charge in [-0.05, 0) is 31.9 Å². The van der Waals surface area contributed by atoms with E-state index in [2.05, 4.69) is 15.8 Å². The second-order valence-electron chi connectivity index (χ2n) is 6.08. The van der Waals surface area contributed by atoms with Gasteiger partial charge in [0.05, 0.1) is 19.2 Å². The summed E-state index contributed by atoms with van der Waals surface area (Å²) >= 11 is 0. The van der Waals surface area contributed by atoms with Gasteiger partial charge in [-0.15, -0.1) is 0 Å². The van der Waals surface area contributed by atoms with Crippen molar-refractivity contribution in [1.29, 1.82) is 0 Å². The van der Waals surface area contributed by atoms with Crippen LogP contribution in [0.2, 0.25) is 0 Å². The fourth-order valence-electron chi connectivity index (χ4n) is 2.82. The number of anilines is 1. The normalized spacial score (nSPS) is 15.7. The molecule has 0 atom stereocenters. The van der Waals surface area contributed by atoms with Crippen LogP contribution in [0, 0.1) is 5.92 Å². The number of nitrogens with one attached hydrogen (secondary N) is 2. The van der Waals surface area contributed by atoms with Gasteiger partial charge in [-0.2, -0.15) is 5.10 Å². The van der Waals surface area contributed by atoms with E-state index in [9.17, 15) is 9.59 Å². The van der Waals surface area contributed by atoms with Crippen molar-refractivity contribution in [2.75, 3.05) is 12.4 Å². The van der Waals surface area contributed by atoms with Crippen LogP contribution in [0.3, 0.4) is 0 Å². The number of carbonyl (C=O) groups excluding carboxylic acids is 2. The molecule has 0 aliphatic heterocycles. The first kappa shape index (κ1) is 18.0. The largest absolute Gasteiger partial charge is 0.495 e. The maximum Gasteiger partial charge on any atom is 0.243 e. The van der Waals surface area contributed by atoms with Crippen LogP contribution < -0.4 is 15.5 Å². The minimum Gasteiger partial charge on any atom is -0.495 e. The predicted molar refractivity (Wildman–Crippen MR) is 94.1 cm³/mol. The number of para-hydroxylation sites is 2. The zero-order valence-corrected chi connectivity index (χ0v) is 14.3. The van der Waals surface area contributed by atoms with Crippen molar-refractivity contribution >= 4 is 23.2 Å². The van der Waals surface area contributed by atoms with Crippen LogP contribution in [0.1, 0.15) is 45.4 Å². The van der Waals surface area contributed by atoms with Crippen molar-refractivity contribution in [3.63, 3.8) is 0 Å². The van der Waals surface area contributed by atoms with Crippen LogP contribution in [0.4, 0.5) is 5.69 Å². The van der Waals surface area contributed by atoms with Gasteiger partial charge >= 0.3 is 0 Å². The third kappa shape index (κ3) is 5.37. The van der Waals surface area contributed by atoms with Gasteiger partial charge in [0.25, 0.3) is 0 Å². The highest BCUT2D eigenvalue weighted by Gasteiger charge is 2.20. The van der Waals surface area contributed by atoms with Gasteiger partial charge in [0.2, 0.25) is 11.8 Å². The standard InChI is InChI=1S/C18H25N3O3/c1-13(20-21-18(23)14-8-4-3-5-9-14)12-17(22)19-15-10-6-7-11-16(15)24-2/h6-7,10-11,14H,3-5,8-9,12H2,1-2H3,(H,19,22)(H,21,23)/b20-13+. The van der Waals surface area contributed by atoms with Crippen molar-refractivity contribution in [3.05, 3.63) is 24.3 Å². The van der Waals surface area contributed by atoms with E-state index in [1.807, 2.05) is 12.1 Å². The summed E-state index contributed by atoms with van der Waals surface area (Å²) in [5, 5.41) is 6.83. The van der Waals surface area contributed by atoms with Crippen LogP contribution >= 0.6 is 0 Å². The molecule has 1 saturated carbocycles. The summed E-state index contributed by atoms with van der Waals surface area (Å²) in [7, 11) is 1.55. The van der Waals surface area contributed by atoms with Crippen molar-refractivity contribution in [2.24, 2.45) is 11.0 Å². The molecule has 2 rings (SSSR count). The number of amides is 2. The maximum absolute atomic E-state index is 12.1. The molecule has 1 aliphatic carbocycles. The Morgan fingerprint density at radius 1 is 1.21 bits per heavy atom. The minimum atomic E-state index is -0.201. The molecular weight excluding hydrogens is 306 g/mol. The summed E-state index contributed by atoms with van der Waals surface area (Å²) < 4.78 is 5.20. The summed E-state index contributed by atoms with van der Waals surface area (Å²) in [6.45, 7) is 1.73. The Kier molecular flexibility index (Phi) is 6.78. The topological polar surface area (TPSA) is 79.8 Å². The Balaban J connectivity index is 1.83. The molecule has 0 spiro atoms. The molecule has 6 nitrogen and oxygen atoms in total. The second kappa shape index (κ2) is 9.05. The fraction of sp³-hybridized carbons (Fsp3) is 0.500. The Bertz CT molecular complexity index is 607. The van der Waals surface area contributed by atoms with Gasteiger partial charge in [0, 0.05) is 11.6 Å². The molecule has 130 valence electrons. The third-order valence-corrected chi connectivity index (χ3v) is 4.13. The Labute approximate surface area is 142 Å². The van der Waals surface area contributed by atoms with Crippen LogP contribution in [-0.2, 0) is 9.59 Å². The Morgan fingerprint density at radius 3 is 2.62 bits per heavy atom. The predicted octanol–water partition coefficient (Wildman–Crippen LogP) is 3.10. The first-order valence-electron chi connectivity index (χ1n) is 8.36. The lowest BCUT2D eigenvalue weighted by Crippen LogP contribution is -2.29. The number of benzene rings is 1. The summed E-state index contributed by atoms with van der Waals surface area (Å²) in [6.07, 6.45) is 5.37. The lowest BCUT2D eigenvalue weighted by molar-refractivity contribution is -0.126. The first-order valence-corrected chi connectivity index (χ1v) is 8.36. The van der Waals surface area contributed by atoms with Crippen LogP contribution in [0.5, 0.6) is 5.75 Å². The smallest absolute Gasteiger partial charge is 0.243 e. The average molecular weight is 331 g/mol. The molecule has 1 aromatic carbocycles. The van der Waals surface area contributed by atoms with Gasteiger partial charge in [-0.1, -0.05) is 31.4 Å². The molecule has 6 heteroatoms. The molecule has 0 radical (unpaired) electrons. The van der Waals surface area contributed by atoms with E-state index >= 15 is 0 Å². The van der Waals surface area contributed by atoms with Crippen LogP contribution in [-0.4, -0.2) is 24.6 Å². The highest BCUT2D eigenvalue weighted by Crippen LogP contribution is 2.24. The lowest BCUT2D eigenvalue weighted by Gasteiger charge is -2.19. The molecule has 1 fully saturated rings. The SMILES string of the molecule is COc1ccccc1NC(=O)C/C(C)=N/NC(=O)C1CCCCC1. The van der Waals surface area contributed by atoms with E-state index in [4.69, 9.17) is 4.74 Å². The second-order valence-corrected chi connectivity index (χ2v) is 6.08. The molecule has 0 heterocycles. The number of hydrazone groups is 1. The number of hydrogen-bond acceptors (Lipinski definition) is 4. The average Bonchev–Trinajstić information content (AvgIpc) is 2.60. The number of rotatable bonds is 6. The number of methoxy groups -OCH3 is 1. The summed E-state index contributed by atoms with van der Waals surface area (Å²) in [5.74, 6) is 0.413. The van der Waals surface area contributed by atoms with E-state index in [0.717, 1.165) is 25.7 Å². The Hall–Kier alpha value is -2.37. The van der Waals surface area contributed by atoms with E-state index in [0.29, 0.717) is 17.1 Å². The molecule has 0 unspecified atom stereocenters.